The van der Waals surface area contributed by atoms with E-state index in [1.807, 2.05) is 0 Å². The molecule has 0 saturated carbocycles. The van der Waals surface area contributed by atoms with Gasteiger partial charge in [0.05, 0.1) is 0 Å². The quantitative estimate of drug-likeness (QED) is 0.538. The Bertz CT molecular complexity index is 113. The lowest BCUT2D eigenvalue weighted by Crippen LogP contribution is -2.48. The second-order valence-corrected chi connectivity index (χ2v) is 1.49. The molecule has 0 fully saturated rings. The molecule has 2 N–H and O–H groups in total. The Morgan fingerprint density at radius 2 is 2.33 bits per heavy atom. The van der Waals surface area contributed by atoms with E-state index in [1.165, 1.54) is 0 Å². The predicted molar refractivity (Wildman–Crippen MR) is 26.5 cm³/mol. The summed E-state index contributed by atoms with van der Waals surface area (Å²) in [5, 5.41) is 9.64. The highest BCUT2D eigenvalue weighted by molar-refractivity contribution is 5.76. The van der Waals surface area contributed by atoms with E-state index in [2.05, 4.69) is 0 Å². The van der Waals surface area contributed by atoms with Gasteiger partial charge in [0.1, 0.15) is 6.67 Å². The number of alkyl halides is 2. The fraction of sp³-hybridized carbons (Fsp3) is 0.750. The van der Waals surface area contributed by atoms with Crippen molar-refractivity contribution < 1.29 is 18.7 Å². The molecular formula is C4H7F2NO2. The third-order valence-corrected chi connectivity index (χ3v) is 0.919. The Hall–Kier alpha value is -0.710. The zero-order valence-corrected chi connectivity index (χ0v) is 4.82. The molecule has 3 nitrogen and oxygen atoms in total. The van der Waals surface area contributed by atoms with Crippen molar-refractivity contribution >= 4 is 5.97 Å². The van der Waals surface area contributed by atoms with E-state index in [1.54, 1.807) is 5.32 Å². The molecule has 0 radical (unpaired) electrons. The highest BCUT2D eigenvalue weighted by Crippen LogP contribution is 2.05. The Balaban J connectivity index is 4.09. The molecule has 0 aromatic rings. The van der Waals surface area contributed by atoms with Gasteiger partial charge in [0.25, 0.3) is 5.79 Å². The number of aliphatic carboxylic acids is 1. The molecule has 5 heteroatoms. The van der Waals surface area contributed by atoms with Crippen molar-refractivity contribution in [3.05, 3.63) is 0 Å². The van der Waals surface area contributed by atoms with Crippen LogP contribution < -0.4 is 5.32 Å². The van der Waals surface area contributed by atoms with Crippen molar-refractivity contribution in [3.63, 3.8) is 0 Å². The fourth-order valence-electron chi connectivity index (χ4n) is 0.231. The molecule has 0 rings (SSSR count). The van der Waals surface area contributed by atoms with Gasteiger partial charge in [-0.15, -0.1) is 0 Å². The first kappa shape index (κ1) is 8.29. The minimum atomic E-state index is -2.92. The number of hydrogen-bond donors (Lipinski definition) is 2. The van der Waals surface area contributed by atoms with Gasteiger partial charge in [-0.3, -0.25) is 5.32 Å². The first-order chi connectivity index (χ1) is 4.06. The van der Waals surface area contributed by atoms with Crippen LogP contribution in [0.15, 0.2) is 0 Å². The lowest BCUT2D eigenvalue weighted by Gasteiger charge is -2.14. The maximum absolute atomic E-state index is 12.3. The first-order valence-electron chi connectivity index (χ1n) is 2.24. The summed E-state index contributed by atoms with van der Waals surface area (Å²) in [5.41, 5.74) is 0. The predicted octanol–water partition coefficient (Wildman–Crippen LogP) is -0.0743. The number of halogens is 2. The molecule has 1 atom stereocenters. The average molecular weight is 139 g/mol. The standard InChI is InChI=1S/C4H7F2NO2/c1-7-4(6,2-5)3(8)9/h7H,2H2,1H3,(H,8,9)/t4-/m0/s1. The van der Waals surface area contributed by atoms with Gasteiger partial charge >= 0.3 is 5.97 Å². The number of carbonyl (C=O) groups is 1. The summed E-state index contributed by atoms with van der Waals surface area (Å²) in [5.74, 6) is -4.76. The molecule has 9 heavy (non-hydrogen) atoms. The van der Waals surface area contributed by atoms with Crippen LogP contribution in [0.2, 0.25) is 0 Å². The Morgan fingerprint density at radius 3 is 2.33 bits per heavy atom. The molecule has 0 unspecified atom stereocenters. The summed E-state index contributed by atoms with van der Waals surface area (Å²) in [6.45, 7) is -1.57. The summed E-state index contributed by atoms with van der Waals surface area (Å²) in [4.78, 5) is 9.81. The highest BCUT2D eigenvalue weighted by atomic mass is 19.2. The van der Waals surface area contributed by atoms with Crippen molar-refractivity contribution in [2.45, 2.75) is 5.79 Å². The third-order valence-electron chi connectivity index (χ3n) is 0.919. The van der Waals surface area contributed by atoms with Crippen LogP contribution in [0.1, 0.15) is 0 Å². The molecule has 0 aliphatic rings. The molecule has 0 amide bonds. The van der Waals surface area contributed by atoms with E-state index in [0.717, 1.165) is 7.05 Å². The molecule has 0 aromatic heterocycles. The van der Waals surface area contributed by atoms with E-state index in [-0.39, 0.29) is 0 Å². The topological polar surface area (TPSA) is 49.3 Å². The summed E-state index contributed by atoms with van der Waals surface area (Å²) >= 11 is 0. The maximum Gasteiger partial charge on any atom is 0.359 e. The van der Waals surface area contributed by atoms with Gasteiger partial charge in [0.2, 0.25) is 0 Å². The van der Waals surface area contributed by atoms with Crippen LogP contribution in [0.5, 0.6) is 0 Å². The third kappa shape index (κ3) is 1.60. The normalized spacial score (nSPS) is 16.8. The van der Waals surface area contributed by atoms with E-state index in [4.69, 9.17) is 5.11 Å². The molecule has 0 saturated heterocycles. The van der Waals surface area contributed by atoms with Crippen molar-refractivity contribution in [2.75, 3.05) is 13.7 Å². The van der Waals surface area contributed by atoms with Crippen molar-refractivity contribution in [1.29, 1.82) is 0 Å². The zero-order valence-electron chi connectivity index (χ0n) is 4.82. The molecule has 0 spiro atoms. The lowest BCUT2D eigenvalue weighted by molar-refractivity contribution is -0.154. The van der Waals surface area contributed by atoms with Gasteiger partial charge < -0.3 is 5.11 Å². The van der Waals surface area contributed by atoms with Crippen LogP contribution in [0.25, 0.3) is 0 Å². The number of nitrogens with one attached hydrogen (secondary N) is 1. The van der Waals surface area contributed by atoms with Crippen LogP contribution in [0.4, 0.5) is 8.78 Å². The Morgan fingerprint density at radius 1 is 1.89 bits per heavy atom. The number of rotatable bonds is 3. The van der Waals surface area contributed by atoms with Crippen LogP contribution in [0.3, 0.4) is 0 Å². The Labute approximate surface area is 50.7 Å². The summed E-state index contributed by atoms with van der Waals surface area (Å²) < 4.78 is 23.8. The average Bonchev–Trinajstić information content (AvgIpc) is 1.86. The van der Waals surface area contributed by atoms with Crippen molar-refractivity contribution in [1.82, 2.24) is 5.32 Å². The Kier molecular flexibility index (Phi) is 2.51. The largest absolute Gasteiger partial charge is 0.478 e. The van der Waals surface area contributed by atoms with Gasteiger partial charge in [0.15, 0.2) is 0 Å². The van der Waals surface area contributed by atoms with Crippen molar-refractivity contribution in [3.8, 4) is 0 Å². The van der Waals surface area contributed by atoms with Gasteiger partial charge in [0, 0.05) is 0 Å². The smallest absolute Gasteiger partial charge is 0.359 e. The van der Waals surface area contributed by atoms with Gasteiger partial charge in [-0.1, -0.05) is 0 Å². The van der Waals surface area contributed by atoms with Crippen LogP contribution in [0, 0.1) is 0 Å². The molecule has 0 aromatic carbocycles. The molecular weight excluding hydrogens is 132 g/mol. The molecule has 0 heterocycles. The van der Waals surface area contributed by atoms with Gasteiger partial charge in [-0.05, 0) is 7.05 Å². The number of carboxylic acid groups (broad SMARTS) is 1. The van der Waals surface area contributed by atoms with E-state index in [9.17, 15) is 13.6 Å². The SMILES string of the molecule is CN[C@@](F)(CF)C(=O)O. The monoisotopic (exact) mass is 139 g/mol. The fourth-order valence-corrected chi connectivity index (χ4v) is 0.231. The molecule has 0 aliphatic carbocycles. The molecule has 54 valence electrons. The van der Waals surface area contributed by atoms with E-state index >= 15 is 0 Å². The van der Waals surface area contributed by atoms with Crippen LogP contribution >= 0.6 is 0 Å². The molecule has 0 bridgehead atoms. The minimum Gasteiger partial charge on any atom is -0.478 e. The zero-order chi connectivity index (χ0) is 7.49. The van der Waals surface area contributed by atoms with Gasteiger partial charge in [-0.25, -0.2) is 13.6 Å². The number of hydrogen-bond acceptors (Lipinski definition) is 2. The maximum atomic E-state index is 12.3. The second-order valence-electron chi connectivity index (χ2n) is 1.49. The van der Waals surface area contributed by atoms with Gasteiger partial charge in [-0.2, -0.15) is 0 Å². The number of likely N-dealkylation sites (N-methyl/N-ethyl adjacent to an activating group) is 1. The summed E-state index contributed by atoms with van der Waals surface area (Å²) in [7, 11) is 1.04. The lowest BCUT2D eigenvalue weighted by atomic mass is 10.3. The first-order valence-corrected chi connectivity index (χ1v) is 2.24. The number of carboxylic acids is 1. The van der Waals surface area contributed by atoms with E-state index in [0.29, 0.717) is 0 Å². The van der Waals surface area contributed by atoms with Crippen molar-refractivity contribution in [2.24, 2.45) is 0 Å². The van der Waals surface area contributed by atoms with Crippen LogP contribution in [-0.4, -0.2) is 30.6 Å². The minimum absolute atomic E-state index is 1.04. The highest BCUT2D eigenvalue weighted by Gasteiger charge is 2.36. The summed E-state index contributed by atoms with van der Waals surface area (Å²) in [6, 6.07) is 0. The molecule has 0 aliphatic heterocycles. The van der Waals surface area contributed by atoms with E-state index < -0.39 is 18.4 Å². The second kappa shape index (κ2) is 2.72. The summed E-state index contributed by atoms with van der Waals surface area (Å²) in [6.07, 6.45) is 0. The van der Waals surface area contributed by atoms with Crippen LogP contribution in [-0.2, 0) is 4.79 Å².